The van der Waals surface area contributed by atoms with Crippen molar-refractivity contribution in [2.75, 3.05) is 70.8 Å². The first-order valence-corrected chi connectivity index (χ1v) is 38.8. The monoisotopic (exact) mass is 1560 g/mol. The molecule has 1 aliphatic heterocycles. The number of allylic oxidation sites excluding steroid dienone is 1. The number of rotatable bonds is 19. The Balaban J connectivity index is 0.000000126. The molecule has 0 bridgehead atoms. The van der Waals surface area contributed by atoms with Crippen LogP contribution in [-0.2, 0) is 35.2 Å². The van der Waals surface area contributed by atoms with Crippen LogP contribution in [0.15, 0.2) is 194 Å². The Morgan fingerprint density at radius 1 is 0.609 bits per heavy atom. The number of anilines is 8. The maximum absolute atomic E-state index is 12.0. The van der Waals surface area contributed by atoms with Crippen LogP contribution in [-0.4, -0.2) is 120 Å². The Morgan fingerprint density at radius 3 is 1.89 bits per heavy atom. The van der Waals surface area contributed by atoms with Crippen molar-refractivity contribution in [3.8, 4) is 56.3 Å². The molecule has 15 N–H and O–H groups in total. The summed E-state index contributed by atoms with van der Waals surface area (Å²) in [5, 5.41) is 21.5. The minimum Gasteiger partial charge on any atom is -0.478 e. The number of aliphatic carboxylic acids is 1. The number of hydrogen-bond acceptors (Lipinski definition) is 22. The number of likely N-dealkylation sites (tertiary alicyclic amines) is 1. The second-order valence-electron chi connectivity index (χ2n) is 29.7. The van der Waals surface area contributed by atoms with Crippen molar-refractivity contribution >= 4 is 105 Å². The van der Waals surface area contributed by atoms with Crippen molar-refractivity contribution in [2.45, 2.75) is 105 Å². The van der Waals surface area contributed by atoms with Crippen LogP contribution >= 0.6 is 11.6 Å². The van der Waals surface area contributed by atoms with Gasteiger partial charge in [0, 0.05) is 135 Å². The van der Waals surface area contributed by atoms with Crippen LogP contribution in [0.4, 0.5) is 52.0 Å². The molecule has 17 rings (SSSR count). The lowest BCUT2D eigenvalue weighted by Gasteiger charge is -2.39. The molecule has 2 saturated carbocycles. The average Bonchev–Trinajstić information content (AvgIpc) is 1.80. The largest absolute Gasteiger partial charge is 0.478 e. The number of nitrogens with zero attached hydrogens (tertiary/aromatic N) is 12. The van der Waals surface area contributed by atoms with Crippen molar-refractivity contribution in [1.29, 1.82) is 0 Å². The summed E-state index contributed by atoms with van der Waals surface area (Å²) in [6, 6.07) is 56.3. The van der Waals surface area contributed by atoms with E-state index in [0.717, 1.165) is 150 Å². The van der Waals surface area contributed by atoms with E-state index < -0.39 is 11.6 Å². The highest BCUT2D eigenvalue weighted by Crippen LogP contribution is 2.36. The van der Waals surface area contributed by atoms with Gasteiger partial charge in [0.1, 0.15) is 23.1 Å². The minimum absolute atomic E-state index is 0.241. The molecule has 586 valence electrons. The molecule has 26 heteroatoms. The van der Waals surface area contributed by atoms with Gasteiger partial charge < -0.3 is 64.3 Å². The standard InChI is InChI=1S/C21H29N5O2.C20H18ClN5.C17H17N3.C16H15N5.C15H15N3O2/c1-13-7-6-8-16(14(13)2)17-9-18(25-19(22)24-17)23-10-15-11-26(12-15)20(27)28-21(3,4)5;21-14-6-4-13(5-7-14)8-10-24-19-12-18(25-20(22)26-19)15-2-1-3-17-16(15)9-11-23-17;18-17-19-15(8-11-4-5-11)10-16(20-17)14-7-6-12-2-1-3-13(12)9-14;17-16-20-14(9-15(21-16)19-10-6-7-10)12-3-1-5-13-11(12)4-2-8-18-13;1-2-12-9-13(18-15(16)17-12)11-6-3-10(4-7-11)5-8-14(19)20/h6-9,15H,10-12H2,1-5H3,(H3,22,23,24,25);1-7,9,11-12,23H,8,10H2,(H3,22,24,25,26);1,3,6-7,9-11H,2,4-5,8H2,(H2,18,19,20);1-5,8-10H,6-7H2,(H3,17,19,20,21);3-9H,2H2,1H3,(H,19,20)(H2,16,17,18)/b;;;;8-5+. The zero-order valence-corrected chi connectivity index (χ0v) is 65.9. The Kier molecular flexibility index (Phi) is 25.2. The zero-order valence-electron chi connectivity index (χ0n) is 65.2. The van der Waals surface area contributed by atoms with Gasteiger partial charge in [0.2, 0.25) is 29.7 Å². The number of carboxylic acid groups (broad SMARTS) is 1. The molecule has 0 radical (unpaired) electrons. The first kappa shape index (κ1) is 79.7. The number of halogens is 1. The van der Waals surface area contributed by atoms with E-state index in [1.54, 1.807) is 11.1 Å². The van der Waals surface area contributed by atoms with Crippen molar-refractivity contribution in [1.82, 2.24) is 64.7 Å². The van der Waals surface area contributed by atoms with Gasteiger partial charge >= 0.3 is 12.1 Å². The van der Waals surface area contributed by atoms with E-state index in [1.807, 2.05) is 173 Å². The third kappa shape index (κ3) is 22.3. The number of carbonyl (C=O) groups is 2. The first-order valence-electron chi connectivity index (χ1n) is 38.4. The second kappa shape index (κ2) is 36.4. The number of amides is 1. The highest BCUT2D eigenvalue weighted by Gasteiger charge is 2.34. The summed E-state index contributed by atoms with van der Waals surface area (Å²) < 4.78 is 5.38. The summed E-state index contributed by atoms with van der Waals surface area (Å²) in [4.78, 5) is 74.9. The van der Waals surface area contributed by atoms with Gasteiger partial charge in [-0.3, -0.25) is 4.98 Å². The van der Waals surface area contributed by atoms with Gasteiger partial charge in [-0.2, -0.15) is 15.0 Å². The summed E-state index contributed by atoms with van der Waals surface area (Å²) in [6.45, 7) is 14.6. The third-order valence-electron chi connectivity index (χ3n) is 19.5. The van der Waals surface area contributed by atoms with Crippen molar-refractivity contribution in [2.24, 2.45) is 11.8 Å². The first-order chi connectivity index (χ1) is 55.5. The molecule has 13 aromatic rings. The van der Waals surface area contributed by atoms with Gasteiger partial charge in [0.15, 0.2) is 0 Å². The third-order valence-corrected chi connectivity index (χ3v) is 19.8. The molecule has 1 saturated heterocycles. The molecule has 7 aromatic heterocycles. The number of benzene rings is 6. The summed E-state index contributed by atoms with van der Waals surface area (Å²) in [6.07, 6.45) is 19.2. The van der Waals surface area contributed by atoms with Crippen LogP contribution in [0.3, 0.4) is 0 Å². The second-order valence-corrected chi connectivity index (χ2v) is 30.2. The Morgan fingerprint density at radius 2 is 1.21 bits per heavy atom. The van der Waals surface area contributed by atoms with Gasteiger partial charge in [-0.25, -0.2) is 44.5 Å². The molecule has 8 heterocycles. The number of nitrogens with two attached hydrogens (primary N) is 5. The number of nitrogen functional groups attached to an aromatic ring is 5. The number of carboxylic acids is 1. The number of carbonyl (C=O) groups excluding carboxylic acids is 1. The van der Waals surface area contributed by atoms with Gasteiger partial charge in [0.25, 0.3) is 0 Å². The van der Waals surface area contributed by atoms with Crippen LogP contribution in [0.25, 0.3) is 90.2 Å². The predicted molar refractivity (Wildman–Crippen MR) is 461 cm³/mol. The van der Waals surface area contributed by atoms with E-state index >= 15 is 0 Å². The molecule has 0 atom stereocenters. The summed E-state index contributed by atoms with van der Waals surface area (Å²) >= 11 is 5.92. The molecular formula is C89H94ClN21O4. The van der Waals surface area contributed by atoms with Crippen LogP contribution in [0, 0.1) is 25.7 Å². The molecule has 115 heavy (non-hydrogen) atoms. The molecule has 0 spiro atoms. The molecule has 0 unspecified atom stereocenters. The Bertz CT molecular complexity index is 5670. The predicted octanol–water partition coefficient (Wildman–Crippen LogP) is 16.6. The molecule has 3 fully saturated rings. The van der Waals surface area contributed by atoms with Crippen LogP contribution in [0.5, 0.6) is 0 Å². The minimum atomic E-state index is -0.967. The lowest BCUT2D eigenvalue weighted by Crippen LogP contribution is -2.53. The van der Waals surface area contributed by atoms with Crippen LogP contribution < -0.4 is 44.6 Å². The number of H-pyrrole nitrogens is 1. The Hall–Kier alpha value is -13.4. The van der Waals surface area contributed by atoms with E-state index in [9.17, 15) is 9.59 Å². The van der Waals surface area contributed by atoms with E-state index in [2.05, 4.69) is 132 Å². The van der Waals surface area contributed by atoms with Gasteiger partial charge in [-0.1, -0.05) is 128 Å². The SMILES string of the molecule is CCc1cc(-c2ccc(/C=C/C(=O)O)cc2)nc(N)n1.Cc1cccc(-c2cc(NCC3CN(C(=O)OC(C)(C)C)C3)nc(N)n2)c1C.Nc1nc(CC2CC2)cc(-c2ccc3c(c2)C=CC3)n1.Nc1nc(NC2CC2)cc(-c2cccc3ncccc23)n1.Nc1nc(NCCc2ccc(Cl)cc2)cc(-c2cccc3[nH]ccc23)n1. The van der Waals surface area contributed by atoms with E-state index in [0.29, 0.717) is 49.2 Å². The molecule has 1 amide bonds. The van der Waals surface area contributed by atoms with Crippen molar-refractivity contribution < 1.29 is 19.4 Å². The fourth-order valence-electron chi connectivity index (χ4n) is 13.2. The van der Waals surface area contributed by atoms with Crippen LogP contribution in [0.2, 0.25) is 5.02 Å². The van der Waals surface area contributed by atoms with Gasteiger partial charge in [0.05, 0.1) is 34.0 Å². The topological polar surface area (TPSA) is 391 Å². The zero-order chi connectivity index (χ0) is 80.7. The average molecular weight is 1560 g/mol. The van der Waals surface area contributed by atoms with Gasteiger partial charge in [-0.05, 0) is 186 Å². The number of aromatic amines is 1. The van der Waals surface area contributed by atoms with E-state index in [-0.39, 0.29) is 29.9 Å². The normalized spacial score (nSPS) is 13.4. The highest BCUT2D eigenvalue weighted by molar-refractivity contribution is 6.30. The lowest BCUT2D eigenvalue weighted by atomic mass is 10.00. The van der Waals surface area contributed by atoms with Gasteiger partial charge in [-0.15, -0.1) is 0 Å². The number of hydrogen-bond donors (Lipinski definition) is 10. The number of aromatic nitrogens is 12. The Labute approximate surface area is 672 Å². The molecule has 3 aliphatic carbocycles. The van der Waals surface area contributed by atoms with E-state index in [4.69, 9.17) is 50.1 Å². The van der Waals surface area contributed by atoms with Crippen molar-refractivity contribution in [3.05, 3.63) is 244 Å². The fraction of sp³-hybridized carbons (Fsp3) is 0.247. The number of ether oxygens (including phenoxy) is 1. The molecule has 6 aromatic carbocycles. The molecule has 25 nitrogen and oxygen atoms in total. The highest BCUT2D eigenvalue weighted by atomic mass is 35.5. The van der Waals surface area contributed by atoms with Crippen LogP contribution in [0.1, 0.15) is 98.1 Å². The van der Waals surface area contributed by atoms with Crippen molar-refractivity contribution in [3.63, 3.8) is 0 Å². The smallest absolute Gasteiger partial charge is 0.410 e. The number of nitrogens with one attached hydrogen (secondary N) is 4. The molecule has 4 aliphatic rings. The summed E-state index contributed by atoms with van der Waals surface area (Å²) in [7, 11) is 0. The number of pyridine rings is 1. The number of aryl methyl sites for hydroxylation is 2. The lowest BCUT2D eigenvalue weighted by molar-refractivity contribution is -0.131. The molecular weight excluding hydrogens is 1460 g/mol. The van der Waals surface area contributed by atoms with E-state index in [1.165, 1.54) is 59.6 Å². The summed E-state index contributed by atoms with van der Waals surface area (Å²) in [5.41, 5.74) is 49.2. The fourth-order valence-corrected chi connectivity index (χ4v) is 13.3. The maximum Gasteiger partial charge on any atom is 0.410 e. The summed E-state index contributed by atoms with van der Waals surface area (Å²) in [5.74, 6) is 3.82. The maximum atomic E-state index is 12.0. The number of fused-ring (bicyclic) bond motifs is 3. The quantitative estimate of drug-likeness (QED) is 0.0336.